The minimum atomic E-state index is -0.238. The van der Waals surface area contributed by atoms with Crippen LogP contribution in [0.1, 0.15) is 39.4 Å². The Kier molecular flexibility index (Phi) is 6.39. The summed E-state index contributed by atoms with van der Waals surface area (Å²) in [6, 6.07) is 12.9. The third-order valence-corrected chi connectivity index (χ3v) is 4.78. The fourth-order valence-electron chi connectivity index (χ4n) is 3.15. The molecule has 0 saturated carbocycles. The van der Waals surface area contributed by atoms with Gasteiger partial charge in [0.05, 0.1) is 30.7 Å². The number of pyridine rings is 1. The lowest BCUT2D eigenvalue weighted by Gasteiger charge is -2.08. The molecule has 2 aromatic heterocycles. The van der Waals surface area contributed by atoms with Crippen molar-refractivity contribution in [2.24, 2.45) is 0 Å². The molecule has 1 N–H and O–H groups in total. The molecule has 0 fully saturated rings. The van der Waals surface area contributed by atoms with E-state index in [0.717, 1.165) is 28.3 Å². The van der Waals surface area contributed by atoms with Gasteiger partial charge in [-0.05, 0) is 62.2 Å². The zero-order valence-electron chi connectivity index (χ0n) is 16.8. The van der Waals surface area contributed by atoms with E-state index in [9.17, 15) is 9.59 Å². The first kappa shape index (κ1) is 20.3. The Hall–Kier alpha value is -3.48. The Morgan fingerprint density at radius 1 is 1.10 bits per heavy atom. The number of aryl methyl sites for hydroxylation is 1. The van der Waals surface area contributed by atoms with Crippen LogP contribution in [-0.2, 0) is 22.5 Å². The normalized spacial score (nSPS) is 10.6. The number of nitrogens with zero attached hydrogens (tertiary/aromatic N) is 3. The van der Waals surface area contributed by atoms with Crippen molar-refractivity contribution in [1.29, 1.82) is 0 Å². The zero-order chi connectivity index (χ0) is 20.8. The molecule has 0 aliphatic rings. The maximum atomic E-state index is 12.4. The number of esters is 1. The summed E-state index contributed by atoms with van der Waals surface area (Å²) in [7, 11) is 1.39. The molecule has 29 heavy (non-hydrogen) atoms. The van der Waals surface area contributed by atoms with Crippen LogP contribution in [0.4, 0.5) is 0 Å². The Morgan fingerprint density at radius 2 is 1.86 bits per heavy atom. The van der Waals surface area contributed by atoms with Gasteiger partial charge in [0, 0.05) is 23.9 Å². The summed E-state index contributed by atoms with van der Waals surface area (Å²) in [4.78, 5) is 28.0. The van der Waals surface area contributed by atoms with E-state index >= 15 is 0 Å². The molecule has 2 heterocycles. The van der Waals surface area contributed by atoms with E-state index < -0.39 is 0 Å². The number of aromatic nitrogens is 3. The molecule has 0 aliphatic carbocycles. The van der Waals surface area contributed by atoms with Gasteiger partial charge in [-0.15, -0.1) is 0 Å². The number of benzene rings is 1. The Morgan fingerprint density at radius 3 is 2.52 bits per heavy atom. The topological polar surface area (TPSA) is 86.1 Å². The maximum absolute atomic E-state index is 12.4. The minimum absolute atomic E-state index is 0.158. The first-order valence-corrected chi connectivity index (χ1v) is 9.40. The first-order chi connectivity index (χ1) is 14.0. The number of nitrogens with one attached hydrogen (secondary N) is 1. The second kappa shape index (κ2) is 9.14. The SMILES string of the molecule is COC(=O)CCc1c(C)nn(-c2ccc(C(=O)NCc3ccccn3)cc2)c1C. The average Bonchev–Trinajstić information content (AvgIpc) is 3.04. The second-order valence-electron chi connectivity index (χ2n) is 6.69. The summed E-state index contributed by atoms with van der Waals surface area (Å²) in [5, 5.41) is 7.45. The number of hydrogen-bond acceptors (Lipinski definition) is 5. The predicted octanol–water partition coefficient (Wildman–Crippen LogP) is 2.92. The van der Waals surface area contributed by atoms with Gasteiger partial charge < -0.3 is 10.1 Å². The van der Waals surface area contributed by atoms with Crippen molar-refractivity contribution in [3.63, 3.8) is 0 Å². The fourth-order valence-corrected chi connectivity index (χ4v) is 3.15. The van der Waals surface area contributed by atoms with E-state index in [1.165, 1.54) is 7.11 Å². The van der Waals surface area contributed by atoms with Crippen molar-refractivity contribution in [3.8, 4) is 5.69 Å². The van der Waals surface area contributed by atoms with Crippen LogP contribution < -0.4 is 5.32 Å². The highest BCUT2D eigenvalue weighted by molar-refractivity contribution is 5.94. The van der Waals surface area contributed by atoms with Gasteiger partial charge in [0.25, 0.3) is 5.91 Å². The predicted molar refractivity (Wildman–Crippen MR) is 109 cm³/mol. The number of carbonyl (C=O) groups is 2. The van der Waals surface area contributed by atoms with E-state index in [4.69, 9.17) is 4.74 Å². The summed E-state index contributed by atoms with van der Waals surface area (Å²) >= 11 is 0. The summed E-state index contributed by atoms with van der Waals surface area (Å²) < 4.78 is 6.55. The highest BCUT2D eigenvalue weighted by Crippen LogP contribution is 2.20. The summed E-state index contributed by atoms with van der Waals surface area (Å²) in [6.07, 6.45) is 2.60. The molecule has 3 rings (SSSR count). The summed E-state index contributed by atoms with van der Waals surface area (Å²) in [5.41, 5.74) is 5.11. The molecule has 0 atom stereocenters. The van der Waals surface area contributed by atoms with E-state index in [1.54, 1.807) is 18.3 Å². The molecular weight excluding hydrogens is 368 g/mol. The van der Waals surface area contributed by atoms with Crippen molar-refractivity contribution in [2.45, 2.75) is 33.2 Å². The van der Waals surface area contributed by atoms with Gasteiger partial charge in [-0.1, -0.05) is 6.07 Å². The molecule has 0 spiro atoms. The highest BCUT2D eigenvalue weighted by Gasteiger charge is 2.15. The number of ether oxygens (including phenoxy) is 1. The van der Waals surface area contributed by atoms with Crippen molar-refractivity contribution >= 4 is 11.9 Å². The lowest BCUT2D eigenvalue weighted by Crippen LogP contribution is -2.23. The molecule has 0 bridgehead atoms. The lowest BCUT2D eigenvalue weighted by molar-refractivity contribution is -0.140. The quantitative estimate of drug-likeness (QED) is 0.625. The number of carbonyl (C=O) groups excluding carboxylic acids is 2. The van der Waals surface area contributed by atoms with Gasteiger partial charge in [-0.2, -0.15) is 5.10 Å². The van der Waals surface area contributed by atoms with Crippen molar-refractivity contribution in [1.82, 2.24) is 20.1 Å². The van der Waals surface area contributed by atoms with E-state index in [1.807, 2.05) is 48.9 Å². The number of hydrogen-bond donors (Lipinski definition) is 1. The fraction of sp³-hybridized carbons (Fsp3) is 0.273. The lowest BCUT2D eigenvalue weighted by atomic mass is 10.1. The van der Waals surface area contributed by atoms with Crippen LogP contribution in [0.5, 0.6) is 0 Å². The van der Waals surface area contributed by atoms with Gasteiger partial charge in [0.1, 0.15) is 0 Å². The first-order valence-electron chi connectivity index (χ1n) is 9.40. The monoisotopic (exact) mass is 392 g/mol. The molecule has 3 aromatic rings. The van der Waals surface area contributed by atoms with E-state index in [-0.39, 0.29) is 11.9 Å². The Bertz CT molecular complexity index is 995. The molecule has 150 valence electrons. The van der Waals surface area contributed by atoms with Crippen LogP contribution in [0.15, 0.2) is 48.7 Å². The zero-order valence-corrected chi connectivity index (χ0v) is 16.8. The molecule has 1 amide bonds. The van der Waals surface area contributed by atoms with Crippen LogP contribution >= 0.6 is 0 Å². The molecule has 0 unspecified atom stereocenters. The Balaban J connectivity index is 1.70. The maximum Gasteiger partial charge on any atom is 0.305 e. The van der Waals surface area contributed by atoms with Crippen molar-refractivity contribution < 1.29 is 14.3 Å². The largest absolute Gasteiger partial charge is 0.469 e. The third kappa shape index (κ3) is 4.87. The number of amides is 1. The van der Waals surface area contributed by atoms with Gasteiger partial charge in [0.2, 0.25) is 0 Å². The highest BCUT2D eigenvalue weighted by atomic mass is 16.5. The molecule has 0 radical (unpaired) electrons. The van der Waals surface area contributed by atoms with Crippen LogP contribution in [0, 0.1) is 13.8 Å². The molecule has 1 aromatic carbocycles. The third-order valence-electron chi connectivity index (χ3n) is 4.78. The van der Waals surface area contributed by atoms with Crippen LogP contribution in [0.25, 0.3) is 5.69 Å². The second-order valence-corrected chi connectivity index (χ2v) is 6.69. The van der Waals surface area contributed by atoms with Gasteiger partial charge in [-0.3, -0.25) is 14.6 Å². The molecule has 7 heteroatoms. The van der Waals surface area contributed by atoms with Crippen molar-refractivity contribution in [2.75, 3.05) is 7.11 Å². The van der Waals surface area contributed by atoms with E-state index in [0.29, 0.717) is 24.9 Å². The van der Waals surface area contributed by atoms with Gasteiger partial charge >= 0.3 is 5.97 Å². The summed E-state index contributed by atoms with van der Waals surface area (Å²) in [6.45, 7) is 4.28. The van der Waals surface area contributed by atoms with Crippen LogP contribution in [0.2, 0.25) is 0 Å². The van der Waals surface area contributed by atoms with Crippen LogP contribution in [-0.4, -0.2) is 33.8 Å². The van der Waals surface area contributed by atoms with Gasteiger partial charge in [0.15, 0.2) is 0 Å². The molecule has 0 saturated heterocycles. The molecule has 0 aliphatic heterocycles. The smallest absolute Gasteiger partial charge is 0.305 e. The summed E-state index contributed by atoms with van der Waals surface area (Å²) in [5.74, 6) is -0.396. The van der Waals surface area contributed by atoms with Crippen LogP contribution in [0.3, 0.4) is 0 Å². The standard InChI is InChI=1S/C22H24N4O3/c1-15-20(11-12-21(27)29-3)16(2)26(25-15)19-9-7-17(8-10-19)22(28)24-14-18-6-4-5-13-23-18/h4-10,13H,11-12,14H2,1-3H3,(H,24,28). The van der Waals surface area contributed by atoms with Crippen molar-refractivity contribution in [3.05, 3.63) is 76.9 Å². The Labute approximate surface area is 169 Å². The number of methoxy groups -OCH3 is 1. The van der Waals surface area contributed by atoms with Gasteiger partial charge in [-0.25, -0.2) is 4.68 Å². The van der Waals surface area contributed by atoms with E-state index in [2.05, 4.69) is 15.4 Å². The number of rotatable bonds is 7. The molecular formula is C22H24N4O3. The molecule has 7 nitrogen and oxygen atoms in total. The minimum Gasteiger partial charge on any atom is -0.469 e. The average molecular weight is 392 g/mol.